The van der Waals surface area contributed by atoms with Crippen LogP contribution in [0.15, 0.2) is 91.0 Å². The second-order valence-corrected chi connectivity index (χ2v) is 7.01. The van der Waals surface area contributed by atoms with E-state index in [0.29, 0.717) is 16.8 Å². The van der Waals surface area contributed by atoms with Gasteiger partial charge in [0.1, 0.15) is 0 Å². The van der Waals surface area contributed by atoms with E-state index in [2.05, 4.69) is 18.2 Å². The number of fused-ring (bicyclic) bond motifs is 2. The Morgan fingerprint density at radius 1 is 0.700 bits per heavy atom. The number of nitrogens with zero attached hydrogens (tertiary/aromatic N) is 2. The highest BCUT2D eigenvalue weighted by atomic mass is 16.5. The summed E-state index contributed by atoms with van der Waals surface area (Å²) in [6, 6.07) is 29.5. The van der Waals surface area contributed by atoms with Gasteiger partial charge < -0.3 is 4.74 Å². The van der Waals surface area contributed by atoms with Gasteiger partial charge in [0, 0.05) is 11.1 Å². The molecule has 5 aromatic rings. The quantitative estimate of drug-likeness (QED) is 0.284. The Bertz CT molecular complexity index is 1390. The molecule has 1 heterocycles. The van der Waals surface area contributed by atoms with Crippen molar-refractivity contribution in [2.24, 2.45) is 0 Å². The van der Waals surface area contributed by atoms with Gasteiger partial charge in [-0.3, -0.25) is 0 Å². The van der Waals surface area contributed by atoms with Crippen molar-refractivity contribution in [3.63, 3.8) is 0 Å². The molecule has 4 nitrogen and oxygen atoms in total. The molecule has 0 saturated carbocycles. The summed E-state index contributed by atoms with van der Waals surface area (Å²) in [5.74, 6) is -0.398. The molecular weight excluding hydrogens is 372 g/mol. The van der Waals surface area contributed by atoms with Gasteiger partial charge in [0.25, 0.3) is 0 Å². The minimum Gasteiger partial charge on any atom is -0.465 e. The predicted octanol–water partition coefficient (Wildman–Crippen LogP) is 5.90. The zero-order valence-corrected chi connectivity index (χ0v) is 16.4. The van der Waals surface area contributed by atoms with Gasteiger partial charge in [-0.2, -0.15) is 0 Å². The second kappa shape index (κ2) is 7.41. The number of benzene rings is 4. The lowest BCUT2D eigenvalue weighted by atomic mass is 9.99. The molecule has 144 valence electrons. The molecule has 0 fully saturated rings. The van der Waals surface area contributed by atoms with Crippen molar-refractivity contribution in [2.75, 3.05) is 7.11 Å². The van der Waals surface area contributed by atoms with Gasteiger partial charge in [0.2, 0.25) is 0 Å². The third kappa shape index (κ3) is 3.08. The first-order chi connectivity index (χ1) is 14.7. The molecule has 0 spiro atoms. The van der Waals surface area contributed by atoms with Gasteiger partial charge in [0.15, 0.2) is 0 Å². The summed E-state index contributed by atoms with van der Waals surface area (Å²) in [4.78, 5) is 22.4. The molecule has 30 heavy (non-hydrogen) atoms. The topological polar surface area (TPSA) is 52.1 Å². The third-order valence-electron chi connectivity index (χ3n) is 5.17. The fourth-order valence-corrected chi connectivity index (χ4v) is 3.70. The number of rotatable bonds is 3. The molecule has 0 atom stereocenters. The molecule has 1 aromatic heterocycles. The molecule has 0 aliphatic rings. The zero-order valence-electron chi connectivity index (χ0n) is 16.4. The van der Waals surface area contributed by atoms with E-state index in [9.17, 15) is 4.79 Å². The fourth-order valence-electron chi connectivity index (χ4n) is 3.70. The summed E-state index contributed by atoms with van der Waals surface area (Å²) in [5, 5.41) is 2.21. The average Bonchev–Trinajstić information content (AvgIpc) is 2.82. The van der Waals surface area contributed by atoms with E-state index in [4.69, 9.17) is 14.7 Å². The monoisotopic (exact) mass is 390 g/mol. The predicted molar refractivity (Wildman–Crippen MR) is 119 cm³/mol. The highest BCUT2D eigenvalue weighted by Gasteiger charge is 2.19. The lowest BCUT2D eigenvalue weighted by Gasteiger charge is -2.13. The maximum Gasteiger partial charge on any atom is 0.338 e. The van der Waals surface area contributed by atoms with E-state index >= 15 is 0 Å². The molecule has 4 aromatic carbocycles. The van der Waals surface area contributed by atoms with Crippen LogP contribution in [0.1, 0.15) is 10.4 Å². The SMILES string of the molecule is COC(=O)c1ccccc1-c1nc2cc3ccccc3cc2nc1-c1ccccc1. The van der Waals surface area contributed by atoms with E-state index in [1.165, 1.54) is 7.11 Å². The van der Waals surface area contributed by atoms with Crippen LogP contribution >= 0.6 is 0 Å². The lowest BCUT2D eigenvalue weighted by molar-refractivity contribution is 0.0601. The summed E-state index contributed by atoms with van der Waals surface area (Å²) in [5.41, 5.74) is 5.08. The highest BCUT2D eigenvalue weighted by molar-refractivity contribution is 6.01. The van der Waals surface area contributed by atoms with E-state index in [0.717, 1.165) is 33.1 Å². The van der Waals surface area contributed by atoms with Gasteiger partial charge in [-0.1, -0.05) is 72.8 Å². The van der Waals surface area contributed by atoms with Gasteiger partial charge in [0.05, 0.1) is 35.1 Å². The van der Waals surface area contributed by atoms with Crippen molar-refractivity contribution in [3.05, 3.63) is 96.6 Å². The highest BCUT2D eigenvalue weighted by Crippen LogP contribution is 2.34. The van der Waals surface area contributed by atoms with E-state index in [1.54, 1.807) is 6.07 Å². The summed E-state index contributed by atoms with van der Waals surface area (Å²) in [6.45, 7) is 0. The average molecular weight is 390 g/mol. The number of aromatic nitrogens is 2. The number of methoxy groups -OCH3 is 1. The maximum atomic E-state index is 12.4. The normalized spacial score (nSPS) is 11.0. The number of ether oxygens (including phenoxy) is 1. The molecule has 0 radical (unpaired) electrons. The second-order valence-electron chi connectivity index (χ2n) is 7.01. The van der Waals surface area contributed by atoms with E-state index in [1.807, 2.05) is 66.7 Å². The van der Waals surface area contributed by atoms with Crippen LogP contribution in [-0.2, 0) is 4.74 Å². The minimum atomic E-state index is -0.398. The number of hydrogen-bond donors (Lipinski definition) is 0. The third-order valence-corrected chi connectivity index (χ3v) is 5.17. The number of carbonyl (C=O) groups excluding carboxylic acids is 1. The maximum absolute atomic E-state index is 12.4. The molecular formula is C26H18N2O2. The summed E-state index contributed by atoms with van der Waals surface area (Å²) in [7, 11) is 1.38. The van der Waals surface area contributed by atoms with Gasteiger partial charge in [-0.05, 0) is 29.0 Å². The van der Waals surface area contributed by atoms with Crippen LogP contribution in [0.3, 0.4) is 0 Å². The summed E-state index contributed by atoms with van der Waals surface area (Å²) in [6.07, 6.45) is 0. The molecule has 0 amide bonds. The molecule has 0 N–H and O–H groups in total. The standard InChI is InChI=1S/C26H18N2O2/c1-30-26(29)21-14-8-7-13-20(21)25-24(17-9-3-2-4-10-17)27-22-15-18-11-5-6-12-19(18)16-23(22)28-25/h2-16H,1H3. The van der Waals surface area contributed by atoms with Crippen molar-refractivity contribution in [3.8, 4) is 22.5 Å². The van der Waals surface area contributed by atoms with Crippen molar-refractivity contribution >= 4 is 27.8 Å². The Morgan fingerprint density at radius 2 is 1.27 bits per heavy atom. The van der Waals surface area contributed by atoms with Crippen molar-refractivity contribution in [1.29, 1.82) is 0 Å². The van der Waals surface area contributed by atoms with Crippen molar-refractivity contribution in [2.45, 2.75) is 0 Å². The van der Waals surface area contributed by atoms with Crippen LogP contribution in [0.5, 0.6) is 0 Å². The van der Waals surface area contributed by atoms with Crippen LogP contribution in [-0.4, -0.2) is 23.0 Å². The van der Waals surface area contributed by atoms with Gasteiger partial charge in [-0.25, -0.2) is 14.8 Å². The Kier molecular flexibility index (Phi) is 4.45. The Hall–Kier alpha value is -4.05. The van der Waals surface area contributed by atoms with Gasteiger partial charge >= 0.3 is 5.97 Å². The Balaban J connectivity index is 1.86. The van der Waals surface area contributed by atoms with Crippen LogP contribution in [0.4, 0.5) is 0 Å². The number of esters is 1. The first-order valence-electron chi connectivity index (χ1n) is 9.68. The minimum absolute atomic E-state index is 0.398. The number of hydrogen-bond acceptors (Lipinski definition) is 4. The summed E-state index contributed by atoms with van der Waals surface area (Å²) >= 11 is 0. The number of carbonyl (C=O) groups is 1. The van der Waals surface area contributed by atoms with Crippen molar-refractivity contribution in [1.82, 2.24) is 9.97 Å². The lowest BCUT2D eigenvalue weighted by Crippen LogP contribution is -2.05. The molecule has 0 unspecified atom stereocenters. The molecule has 0 bridgehead atoms. The molecule has 0 aliphatic carbocycles. The van der Waals surface area contributed by atoms with Gasteiger partial charge in [-0.15, -0.1) is 0 Å². The first-order valence-corrected chi connectivity index (χ1v) is 9.68. The molecule has 4 heteroatoms. The first kappa shape index (κ1) is 18.0. The van der Waals surface area contributed by atoms with Crippen LogP contribution in [0.2, 0.25) is 0 Å². The smallest absolute Gasteiger partial charge is 0.338 e. The fraction of sp³-hybridized carbons (Fsp3) is 0.0385. The van der Waals surface area contributed by atoms with E-state index < -0.39 is 5.97 Å². The Labute approximate surface area is 173 Å². The van der Waals surface area contributed by atoms with Crippen molar-refractivity contribution < 1.29 is 9.53 Å². The Morgan fingerprint density at radius 3 is 1.93 bits per heavy atom. The van der Waals surface area contributed by atoms with Crippen LogP contribution < -0.4 is 0 Å². The summed E-state index contributed by atoms with van der Waals surface area (Å²) < 4.78 is 5.00. The van der Waals surface area contributed by atoms with Crippen LogP contribution in [0.25, 0.3) is 44.3 Å². The zero-order chi connectivity index (χ0) is 20.5. The van der Waals surface area contributed by atoms with Crippen LogP contribution in [0, 0.1) is 0 Å². The largest absolute Gasteiger partial charge is 0.465 e. The molecule has 5 rings (SSSR count). The molecule has 0 aliphatic heterocycles. The molecule has 0 saturated heterocycles. The van der Waals surface area contributed by atoms with E-state index in [-0.39, 0.29) is 0 Å².